The summed E-state index contributed by atoms with van der Waals surface area (Å²) in [6.45, 7) is 6.28. The van der Waals surface area contributed by atoms with E-state index in [2.05, 4.69) is 13.8 Å². The van der Waals surface area contributed by atoms with Crippen molar-refractivity contribution in [1.29, 1.82) is 0 Å². The Balaban J connectivity index is 0.00000507. The fourth-order valence-corrected chi connectivity index (χ4v) is 7.03. The number of benzene rings is 2. The van der Waals surface area contributed by atoms with E-state index in [0.717, 1.165) is 40.8 Å². The summed E-state index contributed by atoms with van der Waals surface area (Å²) in [5, 5.41) is 0.644. The lowest BCUT2D eigenvalue weighted by Crippen LogP contribution is -2.37. The molecule has 1 amide bonds. The number of rotatable bonds is 14. The Kier molecular flexibility index (Phi) is 13.0. The van der Waals surface area contributed by atoms with Gasteiger partial charge in [-0.25, -0.2) is 13.4 Å². The molecule has 0 atom stereocenters. The zero-order valence-electron chi connectivity index (χ0n) is 22.8. The van der Waals surface area contributed by atoms with Crippen LogP contribution in [0.1, 0.15) is 49.9 Å². The van der Waals surface area contributed by atoms with E-state index in [1.54, 1.807) is 45.2 Å². The maximum atomic E-state index is 13.7. The van der Waals surface area contributed by atoms with Crippen LogP contribution in [0.25, 0.3) is 10.2 Å². The molecule has 0 unspecified atom stereocenters. The first kappa shape index (κ1) is 32.5. The van der Waals surface area contributed by atoms with E-state index in [1.165, 1.54) is 11.3 Å². The summed E-state index contributed by atoms with van der Waals surface area (Å²) in [6, 6.07) is 12.4. The van der Waals surface area contributed by atoms with Gasteiger partial charge in [-0.15, -0.1) is 24.2 Å². The number of para-hydroxylation sites is 1. The Bertz CT molecular complexity index is 1270. The van der Waals surface area contributed by atoms with E-state index in [1.807, 2.05) is 43.5 Å². The molecular weight excluding hydrogens is 560 g/mol. The van der Waals surface area contributed by atoms with Crippen molar-refractivity contribution in [3.63, 3.8) is 0 Å². The lowest BCUT2D eigenvalue weighted by atomic mass is 10.2. The van der Waals surface area contributed by atoms with Crippen molar-refractivity contribution in [2.45, 2.75) is 49.3 Å². The monoisotopic (exact) mass is 598 g/mol. The van der Waals surface area contributed by atoms with Crippen LogP contribution in [0.2, 0.25) is 0 Å². The Morgan fingerprint density at radius 2 is 1.58 bits per heavy atom. The number of carbonyl (C=O) groups excluding carboxylic acids is 1. The highest BCUT2D eigenvalue weighted by Crippen LogP contribution is 2.34. The van der Waals surface area contributed by atoms with E-state index in [9.17, 15) is 13.2 Å². The lowest BCUT2D eigenvalue weighted by Gasteiger charge is -2.23. The molecule has 38 heavy (non-hydrogen) atoms. The van der Waals surface area contributed by atoms with Crippen molar-refractivity contribution >= 4 is 66.8 Å². The molecule has 0 saturated carbocycles. The zero-order valence-corrected chi connectivity index (χ0v) is 26.1. The average molecular weight is 599 g/mol. The van der Waals surface area contributed by atoms with Crippen LogP contribution in [0, 0.1) is 0 Å². The molecule has 0 radical (unpaired) electrons. The van der Waals surface area contributed by atoms with Gasteiger partial charge in [0.2, 0.25) is 10.0 Å². The average Bonchev–Trinajstić information content (AvgIpc) is 3.32. The number of halogens is 1. The van der Waals surface area contributed by atoms with Crippen LogP contribution in [0.3, 0.4) is 0 Å². The normalized spacial score (nSPS) is 11.8. The number of likely N-dealkylation sites (N-methyl/N-ethyl adjacent to an activating group) is 1. The molecule has 0 fully saturated rings. The fourth-order valence-electron chi connectivity index (χ4n) is 3.87. The highest BCUT2D eigenvalue weighted by atomic mass is 35.5. The predicted octanol–water partition coefficient (Wildman–Crippen LogP) is 6.24. The molecule has 0 aliphatic rings. The summed E-state index contributed by atoms with van der Waals surface area (Å²) in [4.78, 5) is 23.5. The summed E-state index contributed by atoms with van der Waals surface area (Å²) in [7, 11) is 0.317. The molecule has 0 aliphatic carbocycles. The zero-order chi connectivity index (χ0) is 27.0. The lowest BCUT2D eigenvalue weighted by molar-refractivity contribution is 0.0985. The number of thioether (sulfide) groups is 1. The standard InChI is InChI=1S/C27H38N4O3S3.ClH/c1-6-8-17-30(18-9-7-2)37(33,34)22-15-13-21(14-16-22)26(32)31(20-19-29(3)4)27-28-25-23(35-5)11-10-12-24(25)36-27;/h10-16H,6-9,17-20H2,1-5H3;1H. The molecule has 2 aromatic carbocycles. The third kappa shape index (κ3) is 7.92. The summed E-state index contributed by atoms with van der Waals surface area (Å²) in [6.07, 6.45) is 5.52. The second kappa shape index (κ2) is 15.2. The first-order chi connectivity index (χ1) is 17.7. The fraction of sp³-hybridized carbons (Fsp3) is 0.481. The number of sulfonamides is 1. The van der Waals surface area contributed by atoms with Gasteiger partial charge in [0.25, 0.3) is 5.91 Å². The highest BCUT2D eigenvalue weighted by Gasteiger charge is 2.26. The molecule has 0 saturated heterocycles. The molecule has 7 nitrogen and oxygen atoms in total. The van der Waals surface area contributed by atoms with E-state index in [-0.39, 0.29) is 23.2 Å². The number of hydrogen-bond donors (Lipinski definition) is 0. The first-order valence-electron chi connectivity index (χ1n) is 12.7. The molecule has 0 spiro atoms. The minimum Gasteiger partial charge on any atom is -0.308 e. The third-order valence-corrected chi connectivity index (χ3v) is 9.82. The predicted molar refractivity (Wildman–Crippen MR) is 164 cm³/mol. The maximum Gasteiger partial charge on any atom is 0.260 e. The van der Waals surface area contributed by atoms with Crippen molar-refractivity contribution in [3.05, 3.63) is 48.0 Å². The van der Waals surface area contributed by atoms with Gasteiger partial charge in [-0.3, -0.25) is 9.69 Å². The van der Waals surface area contributed by atoms with Gasteiger partial charge in [0, 0.05) is 36.6 Å². The molecule has 3 rings (SSSR count). The Labute approximate surface area is 242 Å². The van der Waals surface area contributed by atoms with Crippen LogP contribution in [0.4, 0.5) is 5.13 Å². The van der Waals surface area contributed by atoms with Crippen molar-refractivity contribution < 1.29 is 13.2 Å². The minimum absolute atomic E-state index is 0. The first-order valence-corrected chi connectivity index (χ1v) is 16.2. The molecule has 1 heterocycles. The van der Waals surface area contributed by atoms with Gasteiger partial charge in [0.1, 0.15) is 0 Å². The maximum absolute atomic E-state index is 13.7. The summed E-state index contributed by atoms with van der Waals surface area (Å²) in [5.74, 6) is -0.190. The van der Waals surface area contributed by atoms with Gasteiger partial charge < -0.3 is 4.90 Å². The number of amides is 1. The van der Waals surface area contributed by atoms with E-state index < -0.39 is 10.0 Å². The number of unbranched alkanes of at least 4 members (excludes halogenated alkanes) is 2. The van der Waals surface area contributed by atoms with Crippen LogP contribution >= 0.6 is 35.5 Å². The van der Waals surface area contributed by atoms with Gasteiger partial charge in [0.05, 0.1) is 15.1 Å². The largest absolute Gasteiger partial charge is 0.308 e. The van der Waals surface area contributed by atoms with Crippen LogP contribution in [-0.2, 0) is 10.0 Å². The summed E-state index contributed by atoms with van der Waals surface area (Å²) in [5.41, 5.74) is 1.34. The Morgan fingerprint density at radius 3 is 2.13 bits per heavy atom. The number of fused-ring (bicyclic) bond motifs is 1. The molecule has 1 aromatic heterocycles. The molecule has 3 aromatic rings. The Morgan fingerprint density at radius 1 is 0.947 bits per heavy atom. The van der Waals surface area contributed by atoms with E-state index in [4.69, 9.17) is 4.98 Å². The van der Waals surface area contributed by atoms with E-state index in [0.29, 0.717) is 36.9 Å². The van der Waals surface area contributed by atoms with Gasteiger partial charge in [0.15, 0.2) is 5.13 Å². The minimum atomic E-state index is -3.62. The van der Waals surface area contributed by atoms with Gasteiger partial charge in [-0.1, -0.05) is 44.1 Å². The van der Waals surface area contributed by atoms with Crippen molar-refractivity contribution in [1.82, 2.24) is 14.2 Å². The second-order valence-electron chi connectivity index (χ2n) is 9.20. The van der Waals surface area contributed by atoms with E-state index >= 15 is 0 Å². The topological polar surface area (TPSA) is 73.8 Å². The number of nitrogens with zero attached hydrogens (tertiary/aromatic N) is 4. The number of carbonyl (C=O) groups is 1. The molecule has 210 valence electrons. The molecule has 11 heteroatoms. The number of hydrogen-bond acceptors (Lipinski definition) is 7. The molecule has 0 aliphatic heterocycles. The third-order valence-electron chi connectivity index (χ3n) is 6.10. The summed E-state index contributed by atoms with van der Waals surface area (Å²) < 4.78 is 29.3. The number of thiazole rings is 1. The van der Waals surface area contributed by atoms with Gasteiger partial charge >= 0.3 is 0 Å². The smallest absolute Gasteiger partial charge is 0.260 e. The second-order valence-corrected chi connectivity index (χ2v) is 13.0. The van der Waals surface area contributed by atoms with Crippen molar-refractivity contribution in [2.75, 3.05) is 51.4 Å². The van der Waals surface area contributed by atoms with Gasteiger partial charge in [-0.05, 0) is 69.6 Å². The van der Waals surface area contributed by atoms with Gasteiger partial charge in [-0.2, -0.15) is 4.31 Å². The van der Waals surface area contributed by atoms with Crippen LogP contribution < -0.4 is 4.90 Å². The molecular formula is C27H39ClN4O3S3. The molecule has 0 N–H and O–H groups in total. The Hall–Kier alpha value is -1.69. The number of aromatic nitrogens is 1. The quantitative estimate of drug-likeness (QED) is 0.205. The number of anilines is 1. The summed E-state index contributed by atoms with van der Waals surface area (Å²) >= 11 is 3.13. The van der Waals surface area contributed by atoms with Crippen LogP contribution in [-0.4, -0.2) is 75.0 Å². The molecule has 0 bridgehead atoms. The van der Waals surface area contributed by atoms with Crippen molar-refractivity contribution in [2.24, 2.45) is 0 Å². The highest BCUT2D eigenvalue weighted by molar-refractivity contribution is 7.98. The van der Waals surface area contributed by atoms with Crippen molar-refractivity contribution in [3.8, 4) is 0 Å². The van der Waals surface area contributed by atoms with Crippen LogP contribution in [0.5, 0.6) is 0 Å². The van der Waals surface area contributed by atoms with Crippen LogP contribution in [0.15, 0.2) is 52.3 Å². The SMILES string of the molecule is CCCCN(CCCC)S(=O)(=O)c1ccc(C(=O)N(CCN(C)C)c2nc3c(SC)cccc3s2)cc1.Cl.